The number of rotatable bonds is 1. The summed E-state index contributed by atoms with van der Waals surface area (Å²) < 4.78 is 5.78. The van der Waals surface area contributed by atoms with Crippen LogP contribution in [0.3, 0.4) is 0 Å². The molecule has 0 N–H and O–H groups in total. The minimum Gasteiger partial charge on any atom is -0.367 e. The van der Waals surface area contributed by atoms with E-state index in [0.717, 1.165) is 6.61 Å². The molecule has 15 heavy (non-hydrogen) atoms. The summed E-state index contributed by atoms with van der Waals surface area (Å²) in [6.07, 6.45) is 0. The molecule has 1 nitrogen and oxygen atoms in total. The van der Waals surface area contributed by atoms with Crippen molar-refractivity contribution in [2.24, 2.45) is 0 Å². The van der Waals surface area contributed by atoms with Gasteiger partial charge in [0, 0.05) is 0 Å². The molecule has 1 heterocycles. The van der Waals surface area contributed by atoms with E-state index in [-0.39, 0.29) is 5.60 Å². The Balaban J connectivity index is 2.41. The van der Waals surface area contributed by atoms with Gasteiger partial charge in [0.1, 0.15) is 0 Å². The van der Waals surface area contributed by atoms with E-state index in [1.54, 1.807) is 0 Å². The molecular formula is C14H18O. The van der Waals surface area contributed by atoms with E-state index in [0.29, 0.717) is 0 Å². The third-order valence-electron chi connectivity index (χ3n) is 3.33. The van der Waals surface area contributed by atoms with Crippen LogP contribution in [0.15, 0.2) is 29.8 Å². The molecule has 1 aromatic rings. The average molecular weight is 202 g/mol. The van der Waals surface area contributed by atoms with E-state index in [1.165, 1.54) is 22.3 Å². The molecule has 0 saturated carbocycles. The van der Waals surface area contributed by atoms with Gasteiger partial charge in [0.05, 0.1) is 12.2 Å². The lowest BCUT2D eigenvalue weighted by molar-refractivity contribution is 0.0514. The maximum atomic E-state index is 5.78. The van der Waals surface area contributed by atoms with Gasteiger partial charge in [-0.05, 0) is 44.4 Å². The summed E-state index contributed by atoms with van der Waals surface area (Å²) in [4.78, 5) is 0. The molecule has 0 bridgehead atoms. The van der Waals surface area contributed by atoms with Crippen molar-refractivity contribution in [1.82, 2.24) is 0 Å². The Morgan fingerprint density at radius 1 is 1.07 bits per heavy atom. The van der Waals surface area contributed by atoms with Crippen molar-refractivity contribution in [2.45, 2.75) is 33.3 Å². The molecule has 0 aromatic heterocycles. The van der Waals surface area contributed by atoms with E-state index in [1.807, 2.05) is 0 Å². The lowest BCUT2D eigenvalue weighted by Gasteiger charge is -2.18. The van der Waals surface area contributed by atoms with Crippen molar-refractivity contribution in [2.75, 3.05) is 6.61 Å². The SMILES string of the molecule is CC1=C(c2ccc(C)cc2)COC1(C)C. The standard InChI is InChI=1S/C14H18O/c1-10-5-7-12(8-6-10)13-9-15-14(3,4)11(13)2/h5-8H,9H2,1-4H3. The summed E-state index contributed by atoms with van der Waals surface area (Å²) in [6.45, 7) is 9.28. The fraction of sp³-hybridized carbons (Fsp3) is 0.429. The Kier molecular flexibility index (Phi) is 2.43. The monoisotopic (exact) mass is 202 g/mol. The first-order valence-corrected chi connectivity index (χ1v) is 5.42. The van der Waals surface area contributed by atoms with Crippen LogP contribution in [0.1, 0.15) is 31.9 Å². The summed E-state index contributed by atoms with van der Waals surface area (Å²) >= 11 is 0. The summed E-state index contributed by atoms with van der Waals surface area (Å²) in [5, 5.41) is 0. The minimum atomic E-state index is -0.0970. The Labute approximate surface area is 91.8 Å². The van der Waals surface area contributed by atoms with Crippen LogP contribution in [0.5, 0.6) is 0 Å². The number of aryl methyl sites for hydroxylation is 1. The van der Waals surface area contributed by atoms with E-state index >= 15 is 0 Å². The van der Waals surface area contributed by atoms with Gasteiger partial charge in [-0.25, -0.2) is 0 Å². The minimum absolute atomic E-state index is 0.0970. The summed E-state index contributed by atoms with van der Waals surface area (Å²) in [6, 6.07) is 8.67. The normalized spacial score (nSPS) is 19.7. The lowest BCUT2D eigenvalue weighted by Crippen LogP contribution is -2.20. The molecule has 0 saturated heterocycles. The number of benzene rings is 1. The van der Waals surface area contributed by atoms with Crippen LogP contribution in [0.4, 0.5) is 0 Å². The Hall–Kier alpha value is -1.08. The van der Waals surface area contributed by atoms with Crippen LogP contribution in [0, 0.1) is 6.92 Å². The Morgan fingerprint density at radius 2 is 1.67 bits per heavy atom. The van der Waals surface area contributed by atoms with E-state index in [4.69, 9.17) is 4.74 Å². The molecule has 1 heteroatoms. The third kappa shape index (κ3) is 1.84. The van der Waals surface area contributed by atoms with Crippen molar-refractivity contribution < 1.29 is 4.74 Å². The summed E-state index contributed by atoms with van der Waals surface area (Å²) in [5.41, 5.74) is 5.20. The fourth-order valence-corrected chi connectivity index (χ4v) is 1.89. The van der Waals surface area contributed by atoms with Gasteiger partial charge in [-0.1, -0.05) is 29.8 Å². The van der Waals surface area contributed by atoms with E-state index in [2.05, 4.69) is 52.0 Å². The van der Waals surface area contributed by atoms with Crippen LogP contribution in [0.25, 0.3) is 5.57 Å². The maximum absolute atomic E-state index is 5.78. The molecule has 0 aliphatic carbocycles. The van der Waals surface area contributed by atoms with Crippen LogP contribution in [-0.4, -0.2) is 12.2 Å². The highest BCUT2D eigenvalue weighted by atomic mass is 16.5. The zero-order chi connectivity index (χ0) is 11.1. The average Bonchev–Trinajstić information content (AvgIpc) is 2.45. The largest absolute Gasteiger partial charge is 0.367 e. The van der Waals surface area contributed by atoms with Gasteiger partial charge in [-0.15, -0.1) is 0 Å². The van der Waals surface area contributed by atoms with Gasteiger partial charge >= 0.3 is 0 Å². The Morgan fingerprint density at radius 3 is 2.13 bits per heavy atom. The molecule has 80 valence electrons. The van der Waals surface area contributed by atoms with Crippen LogP contribution in [-0.2, 0) is 4.74 Å². The first kappa shape index (κ1) is 10.4. The fourth-order valence-electron chi connectivity index (χ4n) is 1.89. The van der Waals surface area contributed by atoms with Crippen molar-refractivity contribution in [3.63, 3.8) is 0 Å². The van der Waals surface area contributed by atoms with Crippen molar-refractivity contribution >= 4 is 5.57 Å². The molecule has 2 rings (SSSR count). The molecule has 0 unspecified atom stereocenters. The van der Waals surface area contributed by atoms with Crippen molar-refractivity contribution in [3.8, 4) is 0 Å². The second-order valence-corrected chi connectivity index (χ2v) is 4.77. The van der Waals surface area contributed by atoms with Crippen LogP contribution in [0.2, 0.25) is 0 Å². The molecule has 0 radical (unpaired) electrons. The van der Waals surface area contributed by atoms with Crippen molar-refractivity contribution in [1.29, 1.82) is 0 Å². The topological polar surface area (TPSA) is 9.23 Å². The smallest absolute Gasteiger partial charge is 0.0844 e. The molecule has 1 aliphatic rings. The molecule has 1 aromatic carbocycles. The van der Waals surface area contributed by atoms with Gasteiger partial charge in [0.15, 0.2) is 0 Å². The van der Waals surface area contributed by atoms with Gasteiger partial charge in [-0.2, -0.15) is 0 Å². The van der Waals surface area contributed by atoms with Crippen molar-refractivity contribution in [3.05, 3.63) is 41.0 Å². The highest BCUT2D eigenvalue weighted by Gasteiger charge is 2.30. The predicted molar refractivity (Wildman–Crippen MR) is 63.8 cm³/mol. The van der Waals surface area contributed by atoms with E-state index in [9.17, 15) is 0 Å². The Bertz CT molecular complexity index is 396. The number of ether oxygens (including phenoxy) is 1. The first-order chi connectivity index (χ1) is 7.00. The van der Waals surface area contributed by atoms with E-state index < -0.39 is 0 Å². The predicted octanol–water partition coefficient (Wildman–Crippen LogP) is 3.58. The first-order valence-electron chi connectivity index (χ1n) is 5.42. The highest BCUT2D eigenvalue weighted by molar-refractivity contribution is 5.72. The molecule has 1 aliphatic heterocycles. The third-order valence-corrected chi connectivity index (χ3v) is 3.33. The van der Waals surface area contributed by atoms with Gasteiger partial charge in [0.2, 0.25) is 0 Å². The second kappa shape index (κ2) is 3.49. The quantitative estimate of drug-likeness (QED) is 0.676. The summed E-state index contributed by atoms with van der Waals surface area (Å²) in [7, 11) is 0. The van der Waals surface area contributed by atoms with Gasteiger partial charge in [-0.3, -0.25) is 0 Å². The molecule has 0 amide bonds. The second-order valence-electron chi connectivity index (χ2n) is 4.77. The van der Waals surface area contributed by atoms with Gasteiger partial charge < -0.3 is 4.74 Å². The summed E-state index contributed by atoms with van der Waals surface area (Å²) in [5.74, 6) is 0. The number of hydrogen-bond acceptors (Lipinski definition) is 1. The zero-order valence-electron chi connectivity index (χ0n) is 9.92. The van der Waals surface area contributed by atoms with Crippen LogP contribution >= 0.6 is 0 Å². The molecule has 0 atom stereocenters. The zero-order valence-corrected chi connectivity index (χ0v) is 9.92. The van der Waals surface area contributed by atoms with Crippen LogP contribution < -0.4 is 0 Å². The molecular weight excluding hydrogens is 184 g/mol. The number of hydrogen-bond donors (Lipinski definition) is 0. The van der Waals surface area contributed by atoms with Gasteiger partial charge in [0.25, 0.3) is 0 Å². The lowest BCUT2D eigenvalue weighted by atomic mass is 9.94. The highest BCUT2D eigenvalue weighted by Crippen LogP contribution is 2.35. The molecule has 0 fully saturated rings. The molecule has 0 spiro atoms. The maximum Gasteiger partial charge on any atom is 0.0844 e.